The number of hydrogen-bond acceptors (Lipinski definition) is 6. The van der Waals surface area contributed by atoms with Crippen molar-refractivity contribution in [3.63, 3.8) is 0 Å². The molecule has 0 aromatic rings. The van der Waals surface area contributed by atoms with E-state index in [2.05, 4.69) is 5.32 Å². The van der Waals surface area contributed by atoms with E-state index < -0.39 is 13.6 Å². The number of carbonyl (C=O) groups is 2. The number of amides is 1. The second kappa shape index (κ2) is 9.08. The van der Waals surface area contributed by atoms with Gasteiger partial charge >= 0.3 is 13.6 Å². The van der Waals surface area contributed by atoms with Crippen LogP contribution in [0.1, 0.15) is 19.8 Å². The van der Waals surface area contributed by atoms with Crippen LogP contribution < -0.4 is 5.32 Å². The van der Waals surface area contributed by atoms with Crippen LogP contribution in [0.15, 0.2) is 0 Å². The molecule has 0 saturated heterocycles. The zero-order chi connectivity index (χ0) is 14.0. The predicted molar refractivity (Wildman–Crippen MR) is 65.4 cm³/mol. The fourth-order valence-electron chi connectivity index (χ4n) is 1.11. The molecule has 1 amide bonds. The summed E-state index contributed by atoms with van der Waals surface area (Å²) in [5, 5.41) is 2.49. The zero-order valence-corrected chi connectivity index (χ0v) is 11.8. The summed E-state index contributed by atoms with van der Waals surface area (Å²) in [6.45, 7) is 1.77. The maximum absolute atomic E-state index is 11.6. The molecule has 0 spiro atoms. The first-order valence-corrected chi connectivity index (χ1v) is 7.27. The summed E-state index contributed by atoms with van der Waals surface area (Å²) in [5.74, 6) is -0.600. The van der Waals surface area contributed by atoms with Crippen molar-refractivity contribution >= 4 is 19.5 Å². The molecule has 0 aliphatic carbocycles. The predicted octanol–water partition coefficient (Wildman–Crippen LogP) is 0.932. The van der Waals surface area contributed by atoms with E-state index in [9.17, 15) is 14.2 Å². The molecule has 0 atom stereocenters. The summed E-state index contributed by atoms with van der Waals surface area (Å²) in [6, 6.07) is 0. The smallest absolute Gasteiger partial charge is 0.330 e. The molecule has 106 valence electrons. The molecule has 0 aromatic carbocycles. The molecule has 0 rings (SSSR count). The van der Waals surface area contributed by atoms with Crippen LogP contribution in [0.25, 0.3) is 0 Å². The van der Waals surface area contributed by atoms with Crippen LogP contribution in [0.2, 0.25) is 0 Å². The fraction of sp³-hybridized carbons (Fsp3) is 0.800. The van der Waals surface area contributed by atoms with Crippen LogP contribution in [0, 0.1) is 0 Å². The number of esters is 1. The van der Waals surface area contributed by atoms with Gasteiger partial charge in [0.2, 0.25) is 5.91 Å². The van der Waals surface area contributed by atoms with Crippen molar-refractivity contribution in [3.05, 3.63) is 0 Å². The van der Waals surface area contributed by atoms with Crippen LogP contribution in [-0.2, 0) is 27.9 Å². The fourth-order valence-corrected chi connectivity index (χ4v) is 2.14. The normalized spacial score (nSPS) is 11.1. The van der Waals surface area contributed by atoms with E-state index in [-0.39, 0.29) is 31.6 Å². The highest BCUT2D eigenvalue weighted by atomic mass is 31.2. The van der Waals surface area contributed by atoms with Gasteiger partial charge in [0.25, 0.3) is 0 Å². The summed E-state index contributed by atoms with van der Waals surface area (Å²) in [6.07, 6.45) is 0.704. The summed E-state index contributed by atoms with van der Waals surface area (Å²) >= 11 is 0. The molecule has 1 N–H and O–H groups in total. The number of nitrogens with one attached hydrogen (secondary N) is 1. The Kier molecular flexibility index (Phi) is 8.62. The highest BCUT2D eigenvalue weighted by Gasteiger charge is 2.20. The van der Waals surface area contributed by atoms with Gasteiger partial charge in [0.15, 0.2) is 0 Å². The largest absolute Gasteiger partial charge is 0.466 e. The van der Waals surface area contributed by atoms with Gasteiger partial charge in [0, 0.05) is 27.7 Å². The highest BCUT2D eigenvalue weighted by Crippen LogP contribution is 2.46. The minimum Gasteiger partial charge on any atom is -0.466 e. The Hall–Kier alpha value is -0.910. The van der Waals surface area contributed by atoms with Crippen LogP contribution >= 0.6 is 7.60 Å². The van der Waals surface area contributed by atoms with E-state index in [4.69, 9.17) is 13.8 Å². The Labute approximate surface area is 107 Å². The molecule has 0 fully saturated rings. The van der Waals surface area contributed by atoms with Crippen molar-refractivity contribution in [2.45, 2.75) is 19.8 Å². The molecule has 0 aromatic heterocycles. The van der Waals surface area contributed by atoms with Crippen LogP contribution in [0.4, 0.5) is 0 Å². The summed E-state index contributed by atoms with van der Waals surface area (Å²) in [7, 11) is -0.405. The molecule has 0 bridgehead atoms. The van der Waals surface area contributed by atoms with Gasteiger partial charge in [-0.15, -0.1) is 0 Å². The average Bonchev–Trinajstić information content (AvgIpc) is 2.34. The molecule has 0 radical (unpaired) electrons. The highest BCUT2D eigenvalue weighted by molar-refractivity contribution is 7.53. The Bertz CT molecular complexity index is 311. The molecular formula is C10H20NO6P. The maximum atomic E-state index is 11.6. The van der Waals surface area contributed by atoms with Gasteiger partial charge < -0.3 is 19.1 Å². The van der Waals surface area contributed by atoms with Gasteiger partial charge in [-0.1, -0.05) is 0 Å². The van der Waals surface area contributed by atoms with E-state index in [1.807, 2.05) is 0 Å². The van der Waals surface area contributed by atoms with Gasteiger partial charge in [-0.05, 0) is 6.42 Å². The monoisotopic (exact) mass is 281 g/mol. The second-order valence-electron chi connectivity index (χ2n) is 3.51. The van der Waals surface area contributed by atoms with Crippen molar-refractivity contribution in [2.75, 3.05) is 33.5 Å². The molecule has 18 heavy (non-hydrogen) atoms. The van der Waals surface area contributed by atoms with E-state index >= 15 is 0 Å². The van der Waals surface area contributed by atoms with E-state index in [0.29, 0.717) is 6.42 Å². The minimum absolute atomic E-state index is 0.117. The average molecular weight is 281 g/mol. The third-order valence-electron chi connectivity index (χ3n) is 2.10. The topological polar surface area (TPSA) is 90.9 Å². The lowest BCUT2D eigenvalue weighted by molar-refractivity contribution is -0.143. The zero-order valence-electron chi connectivity index (χ0n) is 10.9. The molecule has 0 aliphatic heterocycles. The first-order chi connectivity index (χ1) is 8.43. The van der Waals surface area contributed by atoms with E-state index in [1.165, 1.54) is 21.1 Å². The lowest BCUT2D eigenvalue weighted by Crippen LogP contribution is -2.23. The Morgan fingerprint density at radius 3 is 2.33 bits per heavy atom. The molecule has 7 nitrogen and oxygen atoms in total. The standard InChI is InChI=1S/C10H20NO6P/c1-9(12)11-6-5-10(13)17-7-4-8-18(14,15-2)16-3/h4-8H2,1-3H3,(H,11,12). The maximum Gasteiger partial charge on any atom is 0.330 e. The van der Waals surface area contributed by atoms with Crippen molar-refractivity contribution in [1.29, 1.82) is 0 Å². The van der Waals surface area contributed by atoms with Gasteiger partial charge in [0.05, 0.1) is 19.2 Å². The van der Waals surface area contributed by atoms with Gasteiger partial charge in [-0.2, -0.15) is 0 Å². The number of carbonyl (C=O) groups excluding carboxylic acids is 2. The summed E-state index contributed by atoms with van der Waals surface area (Å²) in [5.41, 5.74) is 0. The molecule has 0 heterocycles. The SMILES string of the molecule is COP(=O)(CCCOC(=O)CCNC(C)=O)OC. The quantitative estimate of drug-likeness (QED) is 0.384. The third-order valence-corrected chi connectivity index (χ3v) is 4.08. The van der Waals surface area contributed by atoms with E-state index in [1.54, 1.807) is 0 Å². The Balaban J connectivity index is 3.63. The number of hydrogen-bond donors (Lipinski definition) is 1. The summed E-state index contributed by atoms with van der Waals surface area (Å²) in [4.78, 5) is 21.7. The summed E-state index contributed by atoms with van der Waals surface area (Å²) < 4.78 is 26.0. The lowest BCUT2D eigenvalue weighted by Gasteiger charge is -2.13. The molecule has 0 saturated carbocycles. The Morgan fingerprint density at radius 2 is 1.83 bits per heavy atom. The molecular weight excluding hydrogens is 261 g/mol. The van der Waals surface area contributed by atoms with Gasteiger partial charge in [-0.25, -0.2) is 0 Å². The van der Waals surface area contributed by atoms with Crippen molar-refractivity contribution in [3.8, 4) is 0 Å². The van der Waals surface area contributed by atoms with E-state index in [0.717, 1.165) is 0 Å². The van der Waals surface area contributed by atoms with Crippen LogP contribution in [-0.4, -0.2) is 45.4 Å². The number of rotatable bonds is 9. The van der Waals surface area contributed by atoms with Crippen molar-refractivity contribution < 1.29 is 27.9 Å². The second-order valence-corrected chi connectivity index (χ2v) is 5.91. The van der Waals surface area contributed by atoms with Crippen molar-refractivity contribution in [1.82, 2.24) is 5.32 Å². The minimum atomic E-state index is -3.02. The first kappa shape index (κ1) is 17.1. The third kappa shape index (κ3) is 8.22. The van der Waals surface area contributed by atoms with Gasteiger partial charge in [0.1, 0.15) is 0 Å². The lowest BCUT2D eigenvalue weighted by atomic mass is 10.4. The van der Waals surface area contributed by atoms with Crippen molar-refractivity contribution in [2.24, 2.45) is 0 Å². The number of ether oxygens (including phenoxy) is 1. The van der Waals surface area contributed by atoms with Gasteiger partial charge in [-0.3, -0.25) is 14.2 Å². The molecule has 0 aliphatic rings. The van der Waals surface area contributed by atoms with Crippen LogP contribution in [0.3, 0.4) is 0 Å². The molecule has 0 unspecified atom stereocenters. The molecule has 8 heteroatoms. The first-order valence-electron chi connectivity index (χ1n) is 5.54. The Morgan fingerprint density at radius 1 is 1.22 bits per heavy atom. The van der Waals surface area contributed by atoms with Crippen LogP contribution in [0.5, 0.6) is 0 Å².